The van der Waals surface area contributed by atoms with Crippen molar-refractivity contribution in [1.82, 2.24) is 0 Å². The number of anilines is 1. The average molecular weight is 285 g/mol. The lowest BCUT2D eigenvalue weighted by Crippen LogP contribution is -2.25. The zero-order chi connectivity index (χ0) is 14.4. The van der Waals surface area contributed by atoms with Crippen molar-refractivity contribution in [2.45, 2.75) is 19.1 Å². The number of carbonyl (C=O) groups excluding carboxylic acids is 1. The van der Waals surface area contributed by atoms with Crippen molar-refractivity contribution in [2.24, 2.45) is 5.92 Å². The monoisotopic (exact) mass is 285 g/mol. The van der Waals surface area contributed by atoms with Crippen LogP contribution in [0, 0.1) is 11.7 Å². The van der Waals surface area contributed by atoms with Crippen molar-refractivity contribution in [1.29, 1.82) is 0 Å². The molecule has 1 atom stereocenters. The van der Waals surface area contributed by atoms with Gasteiger partial charge in [0.05, 0.1) is 5.75 Å². The first-order valence-electron chi connectivity index (χ1n) is 5.80. The quantitative estimate of drug-likeness (QED) is 0.843. The van der Waals surface area contributed by atoms with Crippen LogP contribution in [0.3, 0.4) is 0 Å². The summed E-state index contributed by atoms with van der Waals surface area (Å²) in [7, 11) is 0. The zero-order valence-corrected chi connectivity index (χ0v) is 11.5. The molecule has 0 bridgehead atoms. The average Bonchev–Trinajstić information content (AvgIpc) is 2.27. The van der Waals surface area contributed by atoms with Crippen LogP contribution in [0.25, 0.3) is 0 Å². The van der Waals surface area contributed by atoms with E-state index in [1.165, 1.54) is 18.2 Å². The van der Waals surface area contributed by atoms with E-state index in [4.69, 9.17) is 5.11 Å². The van der Waals surface area contributed by atoms with Gasteiger partial charge in [-0.1, -0.05) is 19.9 Å². The van der Waals surface area contributed by atoms with Crippen molar-refractivity contribution >= 4 is 29.3 Å². The van der Waals surface area contributed by atoms with Crippen LogP contribution >= 0.6 is 11.8 Å². The predicted octanol–water partition coefficient (Wildman–Crippen LogP) is 2.61. The SMILES string of the molecule is CC(C)C(SCC(=O)Nc1cccc(F)c1)C(=O)O. The molecule has 1 amide bonds. The number of amides is 1. The molecule has 6 heteroatoms. The summed E-state index contributed by atoms with van der Waals surface area (Å²) in [4.78, 5) is 22.6. The van der Waals surface area contributed by atoms with E-state index in [0.29, 0.717) is 5.69 Å². The molecule has 0 spiro atoms. The number of thioether (sulfide) groups is 1. The molecule has 0 fully saturated rings. The van der Waals surface area contributed by atoms with Gasteiger partial charge in [-0.3, -0.25) is 9.59 Å². The highest BCUT2D eigenvalue weighted by atomic mass is 32.2. The maximum absolute atomic E-state index is 12.9. The van der Waals surface area contributed by atoms with Gasteiger partial charge in [-0.2, -0.15) is 0 Å². The molecule has 1 aromatic rings. The fourth-order valence-corrected chi connectivity index (χ4v) is 2.41. The summed E-state index contributed by atoms with van der Waals surface area (Å²) < 4.78 is 12.9. The number of halogens is 1. The molecule has 0 saturated heterocycles. The number of benzene rings is 1. The standard InChI is InChI=1S/C13H16FNO3S/c1-8(2)12(13(17)18)19-7-11(16)15-10-5-3-4-9(14)6-10/h3-6,8,12H,7H2,1-2H3,(H,15,16)(H,17,18). The largest absolute Gasteiger partial charge is 0.480 e. The van der Waals surface area contributed by atoms with E-state index in [1.54, 1.807) is 19.9 Å². The number of carboxylic acid groups (broad SMARTS) is 1. The molecule has 0 aliphatic carbocycles. The third-order valence-electron chi connectivity index (χ3n) is 2.35. The maximum Gasteiger partial charge on any atom is 0.316 e. The minimum absolute atomic E-state index is 0.0195. The minimum Gasteiger partial charge on any atom is -0.480 e. The molecule has 0 radical (unpaired) electrons. The van der Waals surface area contributed by atoms with E-state index in [2.05, 4.69) is 5.32 Å². The van der Waals surface area contributed by atoms with Crippen molar-refractivity contribution in [2.75, 3.05) is 11.1 Å². The second kappa shape index (κ2) is 7.13. The number of carboxylic acids is 1. The molecule has 2 N–H and O–H groups in total. The second-order valence-electron chi connectivity index (χ2n) is 4.37. The molecular weight excluding hydrogens is 269 g/mol. The number of aliphatic carboxylic acids is 1. The smallest absolute Gasteiger partial charge is 0.316 e. The Morgan fingerprint density at radius 1 is 1.42 bits per heavy atom. The van der Waals surface area contributed by atoms with Gasteiger partial charge in [0, 0.05) is 5.69 Å². The molecule has 0 aliphatic heterocycles. The van der Waals surface area contributed by atoms with Crippen LogP contribution in [0.2, 0.25) is 0 Å². The summed E-state index contributed by atoms with van der Waals surface area (Å²) in [6.45, 7) is 3.58. The Morgan fingerprint density at radius 3 is 2.63 bits per heavy atom. The number of carbonyl (C=O) groups is 2. The molecule has 1 rings (SSSR count). The first-order chi connectivity index (χ1) is 8.90. The first-order valence-corrected chi connectivity index (χ1v) is 6.85. The summed E-state index contributed by atoms with van der Waals surface area (Å²) in [6, 6.07) is 5.55. The Bertz CT molecular complexity index is 465. The third kappa shape index (κ3) is 5.30. The Kier molecular flexibility index (Phi) is 5.82. The third-order valence-corrected chi connectivity index (χ3v) is 3.89. The summed E-state index contributed by atoms with van der Waals surface area (Å²) in [5, 5.41) is 10.9. The van der Waals surface area contributed by atoms with Crippen LogP contribution in [-0.4, -0.2) is 28.0 Å². The lowest BCUT2D eigenvalue weighted by atomic mass is 10.1. The zero-order valence-electron chi connectivity index (χ0n) is 10.7. The van der Waals surface area contributed by atoms with Crippen LogP contribution in [0.15, 0.2) is 24.3 Å². The highest BCUT2D eigenvalue weighted by Gasteiger charge is 2.22. The molecule has 1 aromatic carbocycles. The Labute approximate surface area is 115 Å². The van der Waals surface area contributed by atoms with E-state index >= 15 is 0 Å². The van der Waals surface area contributed by atoms with E-state index in [-0.39, 0.29) is 17.6 Å². The Morgan fingerprint density at radius 2 is 2.11 bits per heavy atom. The van der Waals surface area contributed by atoms with E-state index in [0.717, 1.165) is 11.8 Å². The van der Waals surface area contributed by atoms with Gasteiger partial charge in [0.15, 0.2) is 0 Å². The first kappa shape index (κ1) is 15.5. The fourth-order valence-electron chi connectivity index (χ4n) is 1.48. The van der Waals surface area contributed by atoms with Crippen molar-refractivity contribution < 1.29 is 19.1 Å². The van der Waals surface area contributed by atoms with Gasteiger partial charge in [0.2, 0.25) is 5.91 Å². The number of hydrogen-bond acceptors (Lipinski definition) is 3. The second-order valence-corrected chi connectivity index (χ2v) is 5.50. The van der Waals surface area contributed by atoms with Crippen LogP contribution in [0.4, 0.5) is 10.1 Å². The number of hydrogen-bond donors (Lipinski definition) is 2. The van der Waals surface area contributed by atoms with Crippen molar-refractivity contribution in [3.8, 4) is 0 Å². The molecular formula is C13H16FNO3S. The van der Waals surface area contributed by atoms with E-state index < -0.39 is 17.0 Å². The van der Waals surface area contributed by atoms with E-state index in [9.17, 15) is 14.0 Å². The predicted molar refractivity (Wildman–Crippen MR) is 73.7 cm³/mol. The summed E-state index contributed by atoms with van der Waals surface area (Å²) in [5.74, 6) is -1.76. The lowest BCUT2D eigenvalue weighted by molar-refractivity contribution is -0.137. The van der Waals surface area contributed by atoms with Crippen LogP contribution in [0.1, 0.15) is 13.8 Å². The van der Waals surface area contributed by atoms with E-state index in [1.807, 2.05) is 0 Å². The minimum atomic E-state index is -0.932. The van der Waals surface area contributed by atoms with Crippen LogP contribution in [0.5, 0.6) is 0 Å². The van der Waals surface area contributed by atoms with Gasteiger partial charge in [0.1, 0.15) is 11.1 Å². The van der Waals surface area contributed by atoms with Gasteiger partial charge in [0.25, 0.3) is 0 Å². The summed E-state index contributed by atoms with van der Waals surface area (Å²) in [5.41, 5.74) is 0.363. The van der Waals surface area contributed by atoms with Crippen molar-refractivity contribution in [3.05, 3.63) is 30.1 Å². The number of rotatable bonds is 6. The Balaban J connectivity index is 2.50. The molecule has 0 aromatic heterocycles. The molecule has 19 heavy (non-hydrogen) atoms. The number of nitrogens with one attached hydrogen (secondary N) is 1. The maximum atomic E-state index is 12.9. The summed E-state index contributed by atoms with van der Waals surface area (Å²) >= 11 is 1.06. The van der Waals surface area contributed by atoms with Gasteiger partial charge in [-0.05, 0) is 24.1 Å². The molecule has 0 heterocycles. The van der Waals surface area contributed by atoms with Crippen LogP contribution in [-0.2, 0) is 9.59 Å². The van der Waals surface area contributed by atoms with Crippen LogP contribution < -0.4 is 5.32 Å². The topological polar surface area (TPSA) is 66.4 Å². The van der Waals surface area contributed by atoms with Crippen molar-refractivity contribution in [3.63, 3.8) is 0 Å². The molecule has 1 unspecified atom stereocenters. The Hall–Kier alpha value is -1.56. The molecule has 0 aliphatic rings. The normalized spacial score (nSPS) is 12.2. The molecule has 4 nitrogen and oxygen atoms in total. The van der Waals surface area contributed by atoms with Gasteiger partial charge < -0.3 is 10.4 Å². The fraction of sp³-hybridized carbons (Fsp3) is 0.385. The lowest BCUT2D eigenvalue weighted by Gasteiger charge is -2.15. The molecule has 104 valence electrons. The molecule has 0 saturated carbocycles. The highest BCUT2D eigenvalue weighted by Crippen LogP contribution is 2.20. The highest BCUT2D eigenvalue weighted by molar-refractivity contribution is 8.01. The van der Waals surface area contributed by atoms with Gasteiger partial charge in [-0.25, -0.2) is 4.39 Å². The van der Waals surface area contributed by atoms with Gasteiger partial charge >= 0.3 is 5.97 Å². The van der Waals surface area contributed by atoms with Gasteiger partial charge in [-0.15, -0.1) is 11.8 Å². The summed E-state index contributed by atoms with van der Waals surface area (Å²) in [6.07, 6.45) is 0.